The van der Waals surface area contributed by atoms with Crippen molar-refractivity contribution in [2.45, 2.75) is 19.8 Å². The normalized spacial score (nSPS) is 10.6. The van der Waals surface area contributed by atoms with E-state index in [1.807, 2.05) is 53.9 Å². The number of amides is 1. The first-order valence-corrected chi connectivity index (χ1v) is 9.41. The molecule has 0 aliphatic heterocycles. The molecular formula is C19H17BrN2OS. The van der Waals surface area contributed by atoms with Crippen molar-refractivity contribution in [2.24, 2.45) is 0 Å². The Kier molecular flexibility index (Phi) is 5.43. The number of thiazole rings is 1. The molecule has 0 atom stereocenters. The van der Waals surface area contributed by atoms with Crippen LogP contribution in [0.4, 0.5) is 5.69 Å². The molecule has 0 fully saturated rings. The summed E-state index contributed by atoms with van der Waals surface area (Å²) in [6.07, 6.45) is 1.17. The van der Waals surface area contributed by atoms with E-state index in [1.54, 1.807) is 11.3 Å². The molecule has 122 valence electrons. The van der Waals surface area contributed by atoms with Crippen LogP contribution in [0.3, 0.4) is 0 Å². The van der Waals surface area contributed by atoms with Crippen LogP contribution < -0.4 is 5.32 Å². The lowest BCUT2D eigenvalue weighted by Crippen LogP contribution is -2.15. The van der Waals surface area contributed by atoms with Gasteiger partial charge in [-0.1, -0.05) is 53.2 Å². The fourth-order valence-electron chi connectivity index (χ4n) is 2.45. The highest BCUT2D eigenvalue weighted by Crippen LogP contribution is 2.26. The summed E-state index contributed by atoms with van der Waals surface area (Å²) in [6, 6.07) is 15.9. The summed E-state index contributed by atoms with van der Waals surface area (Å²) >= 11 is 5.03. The third-order valence-corrected chi connectivity index (χ3v) is 5.07. The maximum atomic E-state index is 12.3. The van der Waals surface area contributed by atoms with Crippen LogP contribution in [0.2, 0.25) is 0 Å². The molecule has 1 amide bonds. The first kappa shape index (κ1) is 16.9. The van der Waals surface area contributed by atoms with Gasteiger partial charge < -0.3 is 5.32 Å². The average molecular weight is 401 g/mol. The third-order valence-electron chi connectivity index (χ3n) is 3.64. The number of aryl methyl sites for hydroxylation is 1. The van der Waals surface area contributed by atoms with Crippen LogP contribution in [0, 0.1) is 0 Å². The number of anilines is 1. The lowest BCUT2D eigenvalue weighted by atomic mass is 10.1. The van der Waals surface area contributed by atoms with Crippen LogP contribution in [0.5, 0.6) is 0 Å². The number of nitrogens with one attached hydrogen (secondary N) is 1. The summed E-state index contributed by atoms with van der Waals surface area (Å²) in [5, 5.41) is 5.86. The van der Waals surface area contributed by atoms with E-state index >= 15 is 0 Å². The fourth-order valence-corrected chi connectivity index (χ4v) is 3.67. The molecule has 0 bridgehead atoms. The Morgan fingerprint density at radius 2 is 2.04 bits per heavy atom. The molecule has 0 unspecified atom stereocenters. The van der Waals surface area contributed by atoms with Crippen LogP contribution in [0.1, 0.15) is 18.2 Å². The molecule has 0 radical (unpaired) electrons. The summed E-state index contributed by atoms with van der Waals surface area (Å²) in [5.74, 6) is -0.0398. The van der Waals surface area contributed by atoms with Gasteiger partial charge in [0.05, 0.1) is 12.1 Å². The molecule has 0 saturated heterocycles. The molecule has 1 heterocycles. The van der Waals surface area contributed by atoms with E-state index in [4.69, 9.17) is 0 Å². The lowest BCUT2D eigenvalue weighted by Gasteiger charge is -2.08. The Morgan fingerprint density at radius 1 is 1.21 bits per heavy atom. The molecule has 0 aliphatic carbocycles. The minimum absolute atomic E-state index is 0.0398. The van der Waals surface area contributed by atoms with Crippen molar-refractivity contribution in [3.63, 3.8) is 0 Å². The molecule has 1 aromatic heterocycles. The van der Waals surface area contributed by atoms with Crippen molar-refractivity contribution in [1.82, 2.24) is 4.98 Å². The lowest BCUT2D eigenvalue weighted by molar-refractivity contribution is -0.115. The van der Waals surface area contributed by atoms with Crippen LogP contribution >= 0.6 is 27.3 Å². The van der Waals surface area contributed by atoms with Crippen molar-refractivity contribution < 1.29 is 4.79 Å². The quantitative estimate of drug-likeness (QED) is 0.629. The first-order valence-electron chi connectivity index (χ1n) is 7.74. The van der Waals surface area contributed by atoms with E-state index in [0.29, 0.717) is 0 Å². The smallest absolute Gasteiger partial charge is 0.230 e. The number of nitrogens with zero attached hydrogens (tertiary/aromatic N) is 1. The number of para-hydroxylation sites is 1. The summed E-state index contributed by atoms with van der Waals surface area (Å²) in [7, 11) is 0. The predicted octanol–water partition coefficient (Wildman–Crippen LogP) is 5.32. The Morgan fingerprint density at radius 3 is 2.83 bits per heavy atom. The van der Waals surface area contributed by atoms with Gasteiger partial charge in [-0.05, 0) is 30.2 Å². The van der Waals surface area contributed by atoms with Crippen molar-refractivity contribution >= 4 is 38.9 Å². The van der Waals surface area contributed by atoms with Crippen LogP contribution in [-0.2, 0) is 17.6 Å². The van der Waals surface area contributed by atoms with Crippen molar-refractivity contribution in [2.75, 3.05) is 5.32 Å². The van der Waals surface area contributed by atoms with Gasteiger partial charge in [0.2, 0.25) is 5.91 Å². The number of carbonyl (C=O) groups is 1. The summed E-state index contributed by atoms with van der Waals surface area (Å²) in [4.78, 5) is 16.9. The van der Waals surface area contributed by atoms with Gasteiger partial charge in [0, 0.05) is 21.1 Å². The third kappa shape index (κ3) is 4.10. The van der Waals surface area contributed by atoms with E-state index in [9.17, 15) is 4.79 Å². The van der Waals surface area contributed by atoms with Gasteiger partial charge in [-0.2, -0.15) is 0 Å². The highest BCUT2D eigenvalue weighted by Gasteiger charge is 2.11. The second-order valence-corrected chi connectivity index (χ2v) is 7.16. The monoisotopic (exact) mass is 400 g/mol. The minimum atomic E-state index is -0.0398. The van der Waals surface area contributed by atoms with Gasteiger partial charge in [0.1, 0.15) is 5.01 Å². The summed E-state index contributed by atoms with van der Waals surface area (Å²) < 4.78 is 1.02. The Balaban J connectivity index is 1.69. The molecule has 2 aromatic carbocycles. The van der Waals surface area contributed by atoms with Crippen LogP contribution in [0.25, 0.3) is 10.6 Å². The molecule has 1 N–H and O–H groups in total. The number of aromatic nitrogens is 1. The van der Waals surface area contributed by atoms with E-state index < -0.39 is 0 Å². The topological polar surface area (TPSA) is 42.0 Å². The standard InChI is InChI=1S/C19H17BrN2OS/c1-2-13-6-3-4-9-17(13)22-18(23)11-16-12-24-19(21-16)14-7-5-8-15(20)10-14/h3-10,12H,2,11H2,1H3,(H,22,23). The number of hydrogen-bond acceptors (Lipinski definition) is 3. The molecule has 3 nitrogen and oxygen atoms in total. The first-order chi connectivity index (χ1) is 11.7. The number of rotatable bonds is 5. The SMILES string of the molecule is CCc1ccccc1NC(=O)Cc1csc(-c2cccc(Br)c2)n1. The maximum absolute atomic E-state index is 12.3. The molecule has 0 aliphatic rings. The zero-order valence-corrected chi connectivity index (χ0v) is 15.7. The molecular weight excluding hydrogens is 384 g/mol. The summed E-state index contributed by atoms with van der Waals surface area (Å²) in [5.41, 5.74) is 3.87. The van der Waals surface area contributed by atoms with Crippen molar-refractivity contribution in [3.8, 4) is 10.6 Å². The molecule has 3 aromatic rings. The minimum Gasteiger partial charge on any atom is -0.325 e. The van der Waals surface area contributed by atoms with Crippen LogP contribution in [-0.4, -0.2) is 10.9 Å². The number of halogens is 1. The fraction of sp³-hybridized carbons (Fsp3) is 0.158. The van der Waals surface area contributed by atoms with E-state index in [-0.39, 0.29) is 12.3 Å². The molecule has 0 spiro atoms. The highest BCUT2D eigenvalue weighted by atomic mass is 79.9. The largest absolute Gasteiger partial charge is 0.325 e. The van der Waals surface area contributed by atoms with Gasteiger partial charge in [-0.25, -0.2) is 4.98 Å². The zero-order valence-electron chi connectivity index (χ0n) is 13.3. The van der Waals surface area contributed by atoms with Crippen LogP contribution in [0.15, 0.2) is 58.4 Å². The second-order valence-electron chi connectivity index (χ2n) is 5.39. The van der Waals surface area contributed by atoms with E-state index in [1.165, 1.54) is 0 Å². The van der Waals surface area contributed by atoms with Gasteiger partial charge in [-0.15, -0.1) is 11.3 Å². The number of carbonyl (C=O) groups excluding carboxylic acids is 1. The van der Waals surface area contributed by atoms with Crippen molar-refractivity contribution in [1.29, 1.82) is 0 Å². The van der Waals surface area contributed by atoms with Gasteiger partial charge in [-0.3, -0.25) is 4.79 Å². The average Bonchev–Trinajstić information content (AvgIpc) is 3.03. The molecule has 0 saturated carbocycles. The Hall–Kier alpha value is -1.98. The van der Waals surface area contributed by atoms with Gasteiger partial charge >= 0.3 is 0 Å². The zero-order chi connectivity index (χ0) is 16.9. The van der Waals surface area contributed by atoms with Crippen molar-refractivity contribution in [3.05, 3.63) is 69.6 Å². The molecule has 5 heteroatoms. The number of hydrogen-bond donors (Lipinski definition) is 1. The van der Waals surface area contributed by atoms with Gasteiger partial charge in [0.15, 0.2) is 0 Å². The Labute approximate surface area is 153 Å². The predicted molar refractivity (Wildman–Crippen MR) is 103 cm³/mol. The van der Waals surface area contributed by atoms with E-state index in [0.717, 1.165) is 38.4 Å². The Bertz CT molecular complexity index is 860. The van der Waals surface area contributed by atoms with E-state index in [2.05, 4.69) is 33.2 Å². The van der Waals surface area contributed by atoms with Gasteiger partial charge in [0.25, 0.3) is 0 Å². The second kappa shape index (κ2) is 7.73. The molecule has 3 rings (SSSR count). The highest BCUT2D eigenvalue weighted by molar-refractivity contribution is 9.10. The summed E-state index contributed by atoms with van der Waals surface area (Å²) in [6.45, 7) is 2.08. The number of benzene rings is 2. The maximum Gasteiger partial charge on any atom is 0.230 e. The molecule has 24 heavy (non-hydrogen) atoms.